The first-order valence-electron chi connectivity index (χ1n) is 4.34. The van der Waals surface area contributed by atoms with Gasteiger partial charge in [0, 0.05) is 5.56 Å². The van der Waals surface area contributed by atoms with Crippen LogP contribution in [0.4, 0.5) is 26.3 Å². The van der Waals surface area contributed by atoms with Crippen molar-refractivity contribution >= 4 is 5.78 Å². The molecule has 0 aliphatic heterocycles. The zero-order valence-electron chi connectivity index (χ0n) is 8.41. The molecule has 7 heteroatoms. The number of carbonyl (C=O) groups excluding carboxylic acids is 1. The van der Waals surface area contributed by atoms with Gasteiger partial charge in [-0.1, -0.05) is 0 Å². The Morgan fingerprint density at radius 3 is 2.12 bits per heavy atom. The molecule has 0 unspecified atom stereocenters. The van der Waals surface area contributed by atoms with Gasteiger partial charge in [0.25, 0.3) is 6.43 Å². The number of ketones is 1. The lowest BCUT2D eigenvalue weighted by atomic mass is 10.0. The van der Waals surface area contributed by atoms with Crippen LogP contribution in [0, 0.1) is 5.82 Å². The third kappa shape index (κ3) is 2.78. The molecule has 0 saturated carbocycles. The minimum absolute atomic E-state index is 0.229. The molecule has 0 radical (unpaired) electrons. The molecular formula is C10H6F6O. The number of hydrogen-bond acceptors (Lipinski definition) is 1. The van der Waals surface area contributed by atoms with Gasteiger partial charge in [0.15, 0.2) is 5.78 Å². The second-order valence-corrected chi connectivity index (χ2v) is 3.27. The molecule has 94 valence electrons. The van der Waals surface area contributed by atoms with Gasteiger partial charge in [0.1, 0.15) is 5.82 Å². The summed E-state index contributed by atoms with van der Waals surface area (Å²) < 4.78 is 75.0. The Kier molecular flexibility index (Phi) is 3.49. The van der Waals surface area contributed by atoms with Crippen molar-refractivity contribution in [2.75, 3.05) is 0 Å². The molecule has 1 rings (SSSR count). The van der Waals surface area contributed by atoms with Gasteiger partial charge < -0.3 is 0 Å². The maximum atomic E-state index is 13.1. The molecule has 1 nitrogen and oxygen atoms in total. The maximum Gasteiger partial charge on any atom is 0.417 e. The summed E-state index contributed by atoms with van der Waals surface area (Å²) in [4.78, 5) is 10.8. The van der Waals surface area contributed by atoms with Crippen molar-refractivity contribution in [3.8, 4) is 0 Å². The van der Waals surface area contributed by atoms with E-state index >= 15 is 0 Å². The molecule has 1 aromatic carbocycles. The van der Waals surface area contributed by atoms with E-state index in [-0.39, 0.29) is 6.07 Å². The Labute approximate surface area is 92.0 Å². The van der Waals surface area contributed by atoms with E-state index in [1.165, 1.54) is 0 Å². The fourth-order valence-corrected chi connectivity index (χ4v) is 1.28. The molecule has 0 atom stereocenters. The van der Waals surface area contributed by atoms with Crippen LogP contribution in [-0.2, 0) is 6.18 Å². The average Bonchev–Trinajstić information content (AvgIpc) is 2.14. The molecule has 1 aromatic rings. The first-order valence-corrected chi connectivity index (χ1v) is 4.34. The summed E-state index contributed by atoms with van der Waals surface area (Å²) in [6.07, 6.45) is -8.74. The van der Waals surface area contributed by atoms with Gasteiger partial charge in [-0.3, -0.25) is 4.79 Å². The summed E-state index contributed by atoms with van der Waals surface area (Å²) in [6, 6.07) is 0.603. The monoisotopic (exact) mass is 256 g/mol. The van der Waals surface area contributed by atoms with Crippen LogP contribution in [0.15, 0.2) is 12.1 Å². The topological polar surface area (TPSA) is 17.1 Å². The molecular weight excluding hydrogens is 250 g/mol. The van der Waals surface area contributed by atoms with Crippen molar-refractivity contribution in [3.63, 3.8) is 0 Å². The number of benzene rings is 1. The Bertz CT molecular complexity index is 449. The van der Waals surface area contributed by atoms with Crippen LogP contribution in [-0.4, -0.2) is 5.78 Å². The van der Waals surface area contributed by atoms with E-state index in [1.54, 1.807) is 0 Å². The van der Waals surface area contributed by atoms with Crippen molar-refractivity contribution in [2.45, 2.75) is 19.5 Å². The molecule has 0 heterocycles. The zero-order valence-corrected chi connectivity index (χ0v) is 8.41. The fourth-order valence-electron chi connectivity index (χ4n) is 1.28. The van der Waals surface area contributed by atoms with Crippen molar-refractivity contribution in [1.82, 2.24) is 0 Å². The SMILES string of the molecule is CC(=O)c1cc(F)c(C(F)F)c(C(F)(F)F)c1. The summed E-state index contributed by atoms with van der Waals surface area (Å²) in [7, 11) is 0. The lowest BCUT2D eigenvalue weighted by Gasteiger charge is -2.14. The molecule has 0 bridgehead atoms. The van der Waals surface area contributed by atoms with E-state index in [0.29, 0.717) is 6.07 Å². The van der Waals surface area contributed by atoms with E-state index in [9.17, 15) is 31.1 Å². The van der Waals surface area contributed by atoms with Gasteiger partial charge in [-0.2, -0.15) is 13.2 Å². The van der Waals surface area contributed by atoms with E-state index in [2.05, 4.69) is 0 Å². The molecule has 0 N–H and O–H groups in total. The fraction of sp³-hybridized carbons (Fsp3) is 0.300. The number of carbonyl (C=O) groups is 1. The molecule has 0 aromatic heterocycles. The van der Waals surface area contributed by atoms with Crippen molar-refractivity contribution < 1.29 is 31.1 Å². The third-order valence-corrected chi connectivity index (χ3v) is 2.06. The summed E-state index contributed by atoms with van der Waals surface area (Å²) in [5.74, 6) is -2.57. The first kappa shape index (κ1) is 13.5. The molecule has 0 aliphatic rings. The van der Waals surface area contributed by atoms with Crippen LogP contribution in [0.5, 0.6) is 0 Å². The number of Topliss-reactive ketones (excluding diaryl/α,β-unsaturated/α-hetero) is 1. The molecule has 0 fully saturated rings. The van der Waals surface area contributed by atoms with E-state index < -0.39 is 40.9 Å². The molecule has 0 amide bonds. The van der Waals surface area contributed by atoms with E-state index in [4.69, 9.17) is 0 Å². The Hall–Kier alpha value is -1.53. The molecule has 17 heavy (non-hydrogen) atoms. The summed E-state index contributed by atoms with van der Waals surface area (Å²) >= 11 is 0. The van der Waals surface area contributed by atoms with Gasteiger partial charge in [-0.15, -0.1) is 0 Å². The normalized spacial score (nSPS) is 12.0. The second-order valence-electron chi connectivity index (χ2n) is 3.27. The van der Waals surface area contributed by atoms with E-state index in [0.717, 1.165) is 6.92 Å². The predicted molar refractivity (Wildman–Crippen MR) is 46.4 cm³/mol. The van der Waals surface area contributed by atoms with Crippen LogP contribution in [0.1, 0.15) is 34.8 Å². The highest BCUT2D eigenvalue weighted by molar-refractivity contribution is 5.94. The number of hydrogen-bond donors (Lipinski definition) is 0. The predicted octanol–water partition coefficient (Wildman–Crippen LogP) is 3.98. The summed E-state index contributed by atoms with van der Waals surface area (Å²) in [6.45, 7) is 0.914. The van der Waals surface area contributed by atoms with Crippen LogP contribution in [0.25, 0.3) is 0 Å². The molecule has 0 aliphatic carbocycles. The van der Waals surface area contributed by atoms with Crippen LogP contribution in [0.3, 0.4) is 0 Å². The highest BCUT2D eigenvalue weighted by Gasteiger charge is 2.38. The summed E-state index contributed by atoms with van der Waals surface area (Å²) in [5, 5.41) is 0. The van der Waals surface area contributed by atoms with Crippen molar-refractivity contribution in [3.05, 3.63) is 34.6 Å². The maximum absolute atomic E-state index is 13.1. The highest BCUT2D eigenvalue weighted by Crippen LogP contribution is 2.38. The highest BCUT2D eigenvalue weighted by atomic mass is 19.4. The number of rotatable bonds is 2. The van der Waals surface area contributed by atoms with Gasteiger partial charge in [-0.25, -0.2) is 13.2 Å². The quantitative estimate of drug-likeness (QED) is 0.577. The van der Waals surface area contributed by atoms with Gasteiger partial charge in [0.05, 0.1) is 11.1 Å². The largest absolute Gasteiger partial charge is 0.417 e. The zero-order chi connectivity index (χ0) is 13.4. The number of alkyl halides is 5. The third-order valence-electron chi connectivity index (χ3n) is 2.06. The smallest absolute Gasteiger partial charge is 0.295 e. The minimum atomic E-state index is -5.14. The Morgan fingerprint density at radius 2 is 1.76 bits per heavy atom. The van der Waals surface area contributed by atoms with Crippen LogP contribution < -0.4 is 0 Å². The average molecular weight is 256 g/mol. The van der Waals surface area contributed by atoms with Crippen molar-refractivity contribution in [2.24, 2.45) is 0 Å². The van der Waals surface area contributed by atoms with Crippen LogP contribution >= 0.6 is 0 Å². The lowest BCUT2D eigenvalue weighted by Crippen LogP contribution is -2.13. The number of halogens is 6. The Balaban J connectivity index is 3.57. The van der Waals surface area contributed by atoms with Gasteiger partial charge >= 0.3 is 6.18 Å². The summed E-state index contributed by atoms with van der Waals surface area (Å²) in [5.41, 5.74) is -4.15. The van der Waals surface area contributed by atoms with E-state index in [1.807, 2.05) is 0 Å². The van der Waals surface area contributed by atoms with Crippen LogP contribution in [0.2, 0.25) is 0 Å². The minimum Gasteiger partial charge on any atom is -0.295 e. The lowest BCUT2D eigenvalue weighted by molar-refractivity contribution is -0.139. The molecule has 0 saturated heterocycles. The molecule has 0 spiro atoms. The standard InChI is InChI=1S/C10H6F6O/c1-4(17)5-2-6(10(14,15)16)8(9(12)13)7(11)3-5/h2-3,9H,1H3. The van der Waals surface area contributed by atoms with Gasteiger partial charge in [0.2, 0.25) is 0 Å². The van der Waals surface area contributed by atoms with Gasteiger partial charge in [-0.05, 0) is 19.1 Å². The second kappa shape index (κ2) is 4.38. The first-order chi connectivity index (χ1) is 7.64. The van der Waals surface area contributed by atoms with Crippen molar-refractivity contribution in [1.29, 1.82) is 0 Å². The Morgan fingerprint density at radius 1 is 1.24 bits per heavy atom.